The number of rotatable bonds is 4. The third-order valence-electron chi connectivity index (χ3n) is 5.06. The highest BCUT2D eigenvalue weighted by Crippen LogP contribution is 2.48. The van der Waals surface area contributed by atoms with E-state index in [1.54, 1.807) is 24.3 Å². The van der Waals surface area contributed by atoms with Gasteiger partial charge in [-0.3, -0.25) is 9.59 Å². The number of benzene rings is 1. The van der Waals surface area contributed by atoms with Crippen LogP contribution in [0.3, 0.4) is 0 Å². The number of aliphatic hydroxyl groups excluding tert-OH is 1. The quantitative estimate of drug-likeness (QED) is 0.793. The van der Waals surface area contributed by atoms with E-state index in [2.05, 4.69) is 10.6 Å². The van der Waals surface area contributed by atoms with Crippen LogP contribution in [-0.4, -0.2) is 29.6 Å². The van der Waals surface area contributed by atoms with Crippen LogP contribution in [0.15, 0.2) is 24.3 Å². The molecule has 2 amide bonds. The van der Waals surface area contributed by atoms with Gasteiger partial charge in [-0.15, -0.1) is 0 Å². The van der Waals surface area contributed by atoms with Crippen LogP contribution in [0.2, 0.25) is 0 Å². The summed E-state index contributed by atoms with van der Waals surface area (Å²) >= 11 is 0. The summed E-state index contributed by atoms with van der Waals surface area (Å²) in [4.78, 5) is 23.4. The molecular formula is C17H22N2O3. The number of nitrogens with one attached hydrogen (secondary N) is 2. The molecule has 4 unspecified atom stereocenters. The van der Waals surface area contributed by atoms with E-state index in [9.17, 15) is 14.7 Å². The number of carbonyl (C=O) groups excluding carboxylic acids is 2. The maximum Gasteiger partial charge on any atom is 0.251 e. The lowest BCUT2D eigenvalue weighted by molar-refractivity contribution is -0.114. The predicted molar refractivity (Wildman–Crippen MR) is 83.4 cm³/mol. The average molecular weight is 302 g/mol. The Morgan fingerprint density at radius 2 is 1.86 bits per heavy atom. The fourth-order valence-electron chi connectivity index (χ4n) is 4.04. The summed E-state index contributed by atoms with van der Waals surface area (Å²) in [6.07, 6.45) is 3.44. The van der Waals surface area contributed by atoms with Crippen LogP contribution >= 0.6 is 0 Å². The lowest BCUT2D eigenvalue weighted by atomic mass is 9.85. The Balaban J connectivity index is 1.65. The molecule has 118 valence electrons. The maximum absolute atomic E-state index is 12.4. The number of aliphatic hydroxyl groups is 1. The van der Waals surface area contributed by atoms with E-state index in [1.165, 1.54) is 13.3 Å². The van der Waals surface area contributed by atoms with Gasteiger partial charge in [-0.2, -0.15) is 0 Å². The van der Waals surface area contributed by atoms with E-state index < -0.39 is 0 Å². The first kappa shape index (κ1) is 15.0. The van der Waals surface area contributed by atoms with Crippen molar-refractivity contribution in [2.45, 2.75) is 32.2 Å². The first-order chi connectivity index (χ1) is 10.6. The average Bonchev–Trinajstić information content (AvgIpc) is 3.08. The zero-order chi connectivity index (χ0) is 15.7. The van der Waals surface area contributed by atoms with Gasteiger partial charge in [0.15, 0.2) is 0 Å². The van der Waals surface area contributed by atoms with Crippen molar-refractivity contribution in [1.29, 1.82) is 0 Å². The molecule has 2 aliphatic carbocycles. The van der Waals surface area contributed by atoms with E-state index in [4.69, 9.17) is 0 Å². The zero-order valence-electron chi connectivity index (χ0n) is 12.7. The third-order valence-corrected chi connectivity index (χ3v) is 5.06. The molecule has 1 aromatic carbocycles. The second-order valence-electron chi connectivity index (χ2n) is 6.44. The van der Waals surface area contributed by atoms with Crippen LogP contribution in [0.1, 0.15) is 36.5 Å². The minimum Gasteiger partial charge on any atom is -0.396 e. The lowest BCUT2D eigenvalue weighted by Crippen LogP contribution is -2.45. The molecule has 22 heavy (non-hydrogen) atoms. The Labute approximate surface area is 130 Å². The van der Waals surface area contributed by atoms with E-state index in [-0.39, 0.29) is 30.4 Å². The van der Waals surface area contributed by atoms with Crippen molar-refractivity contribution in [1.82, 2.24) is 5.32 Å². The summed E-state index contributed by atoms with van der Waals surface area (Å²) in [6.45, 7) is 1.60. The van der Waals surface area contributed by atoms with Gasteiger partial charge in [-0.05, 0) is 55.4 Å². The van der Waals surface area contributed by atoms with Crippen LogP contribution in [0, 0.1) is 17.8 Å². The Morgan fingerprint density at radius 3 is 2.50 bits per heavy atom. The summed E-state index contributed by atoms with van der Waals surface area (Å²) in [5.41, 5.74) is 1.26. The van der Waals surface area contributed by atoms with Crippen molar-refractivity contribution in [3.05, 3.63) is 29.8 Å². The molecule has 0 aromatic heterocycles. The fraction of sp³-hybridized carbons (Fsp3) is 0.529. The van der Waals surface area contributed by atoms with Gasteiger partial charge in [0.1, 0.15) is 0 Å². The first-order valence-corrected chi connectivity index (χ1v) is 7.88. The topological polar surface area (TPSA) is 78.4 Å². The van der Waals surface area contributed by atoms with Gasteiger partial charge in [0, 0.05) is 36.7 Å². The number of amides is 2. The summed E-state index contributed by atoms with van der Waals surface area (Å²) < 4.78 is 0. The van der Waals surface area contributed by atoms with Gasteiger partial charge in [-0.25, -0.2) is 0 Å². The van der Waals surface area contributed by atoms with E-state index in [0.717, 1.165) is 12.8 Å². The minimum absolute atomic E-state index is 0.0891. The van der Waals surface area contributed by atoms with Gasteiger partial charge in [0.25, 0.3) is 5.91 Å². The molecule has 3 rings (SSSR count). The van der Waals surface area contributed by atoms with Crippen molar-refractivity contribution in [2.75, 3.05) is 11.9 Å². The van der Waals surface area contributed by atoms with Crippen molar-refractivity contribution >= 4 is 17.5 Å². The van der Waals surface area contributed by atoms with Crippen LogP contribution in [0.5, 0.6) is 0 Å². The number of hydrogen-bond acceptors (Lipinski definition) is 3. The monoisotopic (exact) mass is 302 g/mol. The predicted octanol–water partition coefficient (Wildman–Crippen LogP) is 1.78. The Hall–Kier alpha value is -1.88. The molecule has 4 atom stereocenters. The van der Waals surface area contributed by atoms with E-state index in [1.807, 2.05) is 0 Å². The third kappa shape index (κ3) is 2.86. The maximum atomic E-state index is 12.4. The molecule has 2 aliphatic rings. The van der Waals surface area contributed by atoms with Gasteiger partial charge in [-0.1, -0.05) is 0 Å². The molecule has 1 aromatic rings. The summed E-state index contributed by atoms with van der Waals surface area (Å²) in [5, 5.41) is 15.4. The Bertz CT molecular complexity index is 570. The molecule has 0 radical (unpaired) electrons. The molecule has 0 heterocycles. The van der Waals surface area contributed by atoms with Crippen molar-refractivity contribution < 1.29 is 14.7 Å². The van der Waals surface area contributed by atoms with Gasteiger partial charge < -0.3 is 15.7 Å². The first-order valence-electron chi connectivity index (χ1n) is 7.88. The highest BCUT2D eigenvalue weighted by molar-refractivity contribution is 5.95. The van der Waals surface area contributed by atoms with E-state index >= 15 is 0 Å². The number of anilines is 1. The second kappa shape index (κ2) is 6.08. The second-order valence-corrected chi connectivity index (χ2v) is 6.44. The highest BCUT2D eigenvalue weighted by Gasteiger charge is 2.47. The van der Waals surface area contributed by atoms with Crippen molar-refractivity contribution in [3.8, 4) is 0 Å². The summed E-state index contributed by atoms with van der Waals surface area (Å²) in [7, 11) is 0. The molecule has 3 N–H and O–H groups in total. The Kier molecular flexibility index (Phi) is 4.16. The molecule has 0 aliphatic heterocycles. The van der Waals surface area contributed by atoms with Crippen molar-refractivity contribution in [3.63, 3.8) is 0 Å². The summed E-state index contributed by atoms with van der Waals surface area (Å²) in [6, 6.07) is 6.96. The van der Waals surface area contributed by atoms with Crippen molar-refractivity contribution in [2.24, 2.45) is 17.8 Å². The molecular weight excluding hydrogens is 280 g/mol. The smallest absolute Gasteiger partial charge is 0.251 e. The lowest BCUT2D eigenvalue weighted by Gasteiger charge is -2.30. The standard InChI is InChI=1S/C17H22N2O3/c1-10(21)18-14-6-4-11(5-7-14)17(22)19-16-13-3-2-12(8-13)15(16)9-20/h4-7,12-13,15-16,20H,2-3,8-9H2,1H3,(H,18,21)(H,19,22). The van der Waals surface area contributed by atoms with Crippen LogP contribution in [-0.2, 0) is 4.79 Å². The molecule has 2 saturated carbocycles. The van der Waals surface area contributed by atoms with Crippen LogP contribution < -0.4 is 10.6 Å². The van der Waals surface area contributed by atoms with E-state index in [0.29, 0.717) is 23.1 Å². The molecule has 0 spiro atoms. The number of hydrogen-bond donors (Lipinski definition) is 3. The van der Waals surface area contributed by atoms with Crippen LogP contribution in [0.4, 0.5) is 5.69 Å². The van der Waals surface area contributed by atoms with Gasteiger partial charge >= 0.3 is 0 Å². The van der Waals surface area contributed by atoms with Gasteiger partial charge in [0.2, 0.25) is 5.91 Å². The number of carbonyl (C=O) groups is 2. The molecule has 2 bridgehead atoms. The van der Waals surface area contributed by atoms with Crippen LogP contribution in [0.25, 0.3) is 0 Å². The number of fused-ring (bicyclic) bond motifs is 2. The molecule has 5 nitrogen and oxygen atoms in total. The zero-order valence-corrected chi connectivity index (χ0v) is 12.7. The highest BCUT2D eigenvalue weighted by atomic mass is 16.3. The SMILES string of the molecule is CC(=O)Nc1ccc(C(=O)NC2C3CCC(C3)C2CO)cc1. The van der Waals surface area contributed by atoms with Gasteiger partial charge in [0.05, 0.1) is 0 Å². The molecule has 0 saturated heterocycles. The summed E-state index contributed by atoms with van der Waals surface area (Å²) in [5.74, 6) is 1.02. The largest absolute Gasteiger partial charge is 0.396 e. The minimum atomic E-state index is -0.134. The Morgan fingerprint density at radius 1 is 1.18 bits per heavy atom. The normalized spacial score (nSPS) is 29.4. The molecule has 2 fully saturated rings. The molecule has 5 heteroatoms. The fourth-order valence-corrected chi connectivity index (χ4v) is 4.04.